The van der Waals surface area contributed by atoms with Crippen molar-refractivity contribution in [3.8, 4) is 17.0 Å². The van der Waals surface area contributed by atoms with E-state index in [4.69, 9.17) is 14.8 Å². The SMILES string of the molecule is COc1ccc(-c2cc(C(=O)NCC(C)C)c3c(C4CCCN4)nn(C)c3n2)cc1. The van der Waals surface area contributed by atoms with Gasteiger partial charge >= 0.3 is 0 Å². The topological polar surface area (TPSA) is 81.1 Å². The third-order valence-corrected chi connectivity index (χ3v) is 5.51. The van der Waals surface area contributed by atoms with Gasteiger partial charge in [0.1, 0.15) is 5.75 Å². The van der Waals surface area contributed by atoms with Crippen LogP contribution in [0.5, 0.6) is 5.75 Å². The van der Waals surface area contributed by atoms with Gasteiger partial charge in [-0.15, -0.1) is 0 Å². The van der Waals surface area contributed by atoms with Gasteiger partial charge in [-0.05, 0) is 55.6 Å². The molecule has 2 aromatic heterocycles. The highest BCUT2D eigenvalue weighted by Gasteiger charge is 2.27. The molecular weight excluding hydrogens is 378 g/mol. The summed E-state index contributed by atoms with van der Waals surface area (Å²) in [7, 11) is 3.53. The van der Waals surface area contributed by atoms with Crippen LogP contribution in [0.3, 0.4) is 0 Å². The first-order chi connectivity index (χ1) is 14.5. The van der Waals surface area contributed by atoms with Crippen LogP contribution < -0.4 is 15.4 Å². The van der Waals surface area contributed by atoms with E-state index in [1.165, 1.54) is 0 Å². The van der Waals surface area contributed by atoms with Crippen molar-refractivity contribution >= 4 is 16.9 Å². The molecule has 1 atom stereocenters. The molecule has 1 amide bonds. The maximum absolute atomic E-state index is 13.2. The summed E-state index contributed by atoms with van der Waals surface area (Å²) in [5, 5.41) is 12.2. The zero-order valence-electron chi connectivity index (χ0n) is 18.0. The number of hydrogen-bond acceptors (Lipinski definition) is 5. The average Bonchev–Trinajstić information content (AvgIpc) is 3.40. The van der Waals surface area contributed by atoms with Crippen molar-refractivity contribution < 1.29 is 9.53 Å². The van der Waals surface area contributed by atoms with Gasteiger partial charge in [-0.2, -0.15) is 5.10 Å². The third kappa shape index (κ3) is 3.89. The number of aryl methyl sites for hydroxylation is 1. The molecule has 1 saturated heterocycles. The van der Waals surface area contributed by atoms with Gasteiger partial charge in [0.25, 0.3) is 5.91 Å². The van der Waals surface area contributed by atoms with E-state index in [1.54, 1.807) is 11.8 Å². The summed E-state index contributed by atoms with van der Waals surface area (Å²) in [5.74, 6) is 1.07. The lowest BCUT2D eigenvalue weighted by Gasteiger charge is -2.13. The van der Waals surface area contributed by atoms with Crippen LogP contribution in [0.4, 0.5) is 0 Å². The first kappa shape index (κ1) is 20.3. The standard InChI is InChI=1S/C23H29N5O2/c1-14(2)13-25-23(29)17-12-19(15-7-9-16(30-4)10-8-15)26-22-20(17)21(27-28(22)3)18-6-5-11-24-18/h7-10,12,14,18,24H,5-6,11,13H2,1-4H3,(H,25,29). The van der Waals surface area contributed by atoms with Crippen LogP contribution in [-0.4, -0.2) is 40.9 Å². The molecule has 7 heteroatoms. The summed E-state index contributed by atoms with van der Waals surface area (Å²) >= 11 is 0. The maximum atomic E-state index is 13.2. The Morgan fingerprint density at radius 2 is 2.10 bits per heavy atom. The number of ether oxygens (including phenoxy) is 1. The van der Waals surface area contributed by atoms with Crippen molar-refractivity contribution in [2.45, 2.75) is 32.7 Å². The van der Waals surface area contributed by atoms with Crippen LogP contribution in [-0.2, 0) is 7.05 Å². The first-order valence-electron chi connectivity index (χ1n) is 10.5. The minimum Gasteiger partial charge on any atom is -0.497 e. The molecule has 0 aliphatic carbocycles. The van der Waals surface area contributed by atoms with Crippen LogP contribution in [0.25, 0.3) is 22.3 Å². The summed E-state index contributed by atoms with van der Waals surface area (Å²) in [4.78, 5) is 18.1. The van der Waals surface area contributed by atoms with Gasteiger partial charge in [0, 0.05) is 19.2 Å². The van der Waals surface area contributed by atoms with Crippen LogP contribution in [0, 0.1) is 5.92 Å². The number of rotatable bonds is 6. The Hall–Kier alpha value is -2.93. The van der Waals surface area contributed by atoms with E-state index in [2.05, 4.69) is 24.5 Å². The lowest BCUT2D eigenvalue weighted by atomic mass is 10.0. The summed E-state index contributed by atoms with van der Waals surface area (Å²) < 4.78 is 7.05. The van der Waals surface area contributed by atoms with E-state index in [1.807, 2.05) is 37.4 Å². The minimum absolute atomic E-state index is 0.0851. The third-order valence-electron chi connectivity index (χ3n) is 5.51. The molecule has 1 aliphatic heterocycles. The summed E-state index contributed by atoms with van der Waals surface area (Å²) in [5.41, 5.74) is 3.93. The Morgan fingerprint density at radius 1 is 1.33 bits per heavy atom. The van der Waals surface area contributed by atoms with Gasteiger partial charge in [-0.3, -0.25) is 9.48 Å². The second-order valence-corrected chi connectivity index (χ2v) is 8.24. The zero-order valence-corrected chi connectivity index (χ0v) is 18.0. The van der Waals surface area contributed by atoms with Gasteiger partial charge in [0.15, 0.2) is 5.65 Å². The maximum Gasteiger partial charge on any atom is 0.252 e. The van der Waals surface area contributed by atoms with Crippen molar-refractivity contribution in [3.63, 3.8) is 0 Å². The molecule has 0 radical (unpaired) electrons. The first-order valence-corrected chi connectivity index (χ1v) is 10.5. The smallest absolute Gasteiger partial charge is 0.252 e. The molecule has 0 spiro atoms. The van der Waals surface area contributed by atoms with Gasteiger partial charge in [-0.25, -0.2) is 4.98 Å². The van der Waals surface area contributed by atoms with Gasteiger partial charge in [0.2, 0.25) is 0 Å². The highest BCUT2D eigenvalue weighted by molar-refractivity contribution is 6.07. The van der Waals surface area contributed by atoms with E-state index in [0.29, 0.717) is 18.0 Å². The molecule has 7 nitrogen and oxygen atoms in total. The van der Waals surface area contributed by atoms with Crippen LogP contribution in [0.2, 0.25) is 0 Å². The molecule has 1 aliphatic rings. The predicted molar refractivity (Wildman–Crippen MR) is 118 cm³/mol. The number of fused-ring (bicyclic) bond motifs is 1. The van der Waals surface area contributed by atoms with Crippen molar-refractivity contribution in [2.24, 2.45) is 13.0 Å². The average molecular weight is 408 g/mol. The van der Waals surface area contributed by atoms with Crippen LogP contribution in [0.1, 0.15) is 48.8 Å². The number of benzene rings is 1. The number of carbonyl (C=O) groups is 1. The summed E-state index contributed by atoms with van der Waals surface area (Å²) in [6.45, 7) is 5.76. The van der Waals surface area contributed by atoms with E-state index in [-0.39, 0.29) is 11.9 Å². The van der Waals surface area contributed by atoms with E-state index < -0.39 is 0 Å². The molecule has 1 fully saturated rings. The van der Waals surface area contributed by atoms with Gasteiger partial charge < -0.3 is 15.4 Å². The number of carbonyl (C=O) groups excluding carboxylic acids is 1. The number of nitrogens with zero attached hydrogens (tertiary/aromatic N) is 3. The number of pyridine rings is 1. The van der Waals surface area contributed by atoms with Gasteiger partial charge in [-0.1, -0.05) is 13.8 Å². The molecule has 1 unspecified atom stereocenters. The van der Waals surface area contributed by atoms with Crippen LogP contribution >= 0.6 is 0 Å². The highest BCUT2D eigenvalue weighted by atomic mass is 16.5. The Labute approximate surface area is 176 Å². The summed E-state index contributed by atoms with van der Waals surface area (Å²) in [6, 6.07) is 9.75. The van der Waals surface area contributed by atoms with E-state index in [9.17, 15) is 4.79 Å². The molecule has 0 saturated carbocycles. The molecule has 4 rings (SSSR count). The summed E-state index contributed by atoms with van der Waals surface area (Å²) in [6.07, 6.45) is 2.12. The molecular formula is C23H29N5O2. The Kier molecular flexibility index (Phi) is 5.72. The Morgan fingerprint density at radius 3 is 2.73 bits per heavy atom. The number of amides is 1. The fourth-order valence-corrected chi connectivity index (χ4v) is 3.92. The number of methoxy groups -OCH3 is 1. The molecule has 30 heavy (non-hydrogen) atoms. The van der Waals surface area contributed by atoms with Crippen molar-refractivity contribution in [3.05, 3.63) is 41.6 Å². The fraction of sp³-hybridized carbons (Fsp3) is 0.435. The minimum atomic E-state index is -0.0851. The monoisotopic (exact) mass is 407 g/mol. The number of hydrogen-bond donors (Lipinski definition) is 2. The molecule has 0 bridgehead atoms. The zero-order chi connectivity index (χ0) is 21.3. The van der Waals surface area contributed by atoms with E-state index in [0.717, 1.165) is 53.1 Å². The number of aromatic nitrogens is 3. The predicted octanol–water partition coefficient (Wildman–Crippen LogP) is 3.45. The van der Waals surface area contributed by atoms with Crippen molar-refractivity contribution in [1.29, 1.82) is 0 Å². The van der Waals surface area contributed by atoms with Crippen molar-refractivity contribution in [2.75, 3.05) is 20.2 Å². The molecule has 158 valence electrons. The lowest BCUT2D eigenvalue weighted by Crippen LogP contribution is -2.28. The largest absolute Gasteiger partial charge is 0.497 e. The van der Waals surface area contributed by atoms with Crippen LogP contribution in [0.15, 0.2) is 30.3 Å². The molecule has 3 aromatic rings. The number of nitrogens with one attached hydrogen (secondary N) is 2. The quantitative estimate of drug-likeness (QED) is 0.654. The molecule has 3 heterocycles. The normalized spacial score (nSPS) is 16.4. The van der Waals surface area contributed by atoms with E-state index >= 15 is 0 Å². The molecule has 1 aromatic carbocycles. The van der Waals surface area contributed by atoms with Crippen molar-refractivity contribution in [1.82, 2.24) is 25.4 Å². The Bertz CT molecular complexity index is 1050. The molecule has 2 N–H and O–H groups in total. The van der Waals surface area contributed by atoms with Gasteiger partial charge in [0.05, 0.1) is 35.5 Å². The Balaban J connectivity index is 1.86. The second kappa shape index (κ2) is 8.44. The fourth-order valence-electron chi connectivity index (χ4n) is 3.92. The lowest BCUT2D eigenvalue weighted by molar-refractivity contribution is 0.0950. The highest BCUT2D eigenvalue weighted by Crippen LogP contribution is 2.33. The second-order valence-electron chi connectivity index (χ2n) is 8.24.